The average Bonchev–Trinajstić information content (AvgIpc) is 2.62. The molecule has 0 radical (unpaired) electrons. The highest BCUT2D eigenvalue weighted by Gasteiger charge is 2.33. The van der Waals surface area contributed by atoms with Gasteiger partial charge in [0.25, 0.3) is 0 Å². The summed E-state index contributed by atoms with van der Waals surface area (Å²) < 4.78 is 38.8. The fraction of sp³-hybridized carbons (Fsp3) is 0.150. The van der Waals surface area contributed by atoms with E-state index in [1.807, 2.05) is 30.3 Å². The lowest BCUT2D eigenvalue weighted by molar-refractivity contribution is -0.138. The topological polar surface area (TPSA) is 74.7 Å². The van der Waals surface area contributed by atoms with Crippen LogP contribution in [0, 0.1) is 5.82 Å². The molecule has 0 aliphatic heterocycles. The van der Waals surface area contributed by atoms with Crippen LogP contribution in [0.4, 0.5) is 10.1 Å². The van der Waals surface area contributed by atoms with E-state index >= 15 is 0 Å². The quantitative estimate of drug-likeness (QED) is 0.703. The van der Waals surface area contributed by atoms with Gasteiger partial charge in [0.1, 0.15) is 11.9 Å². The van der Waals surface area contributed by atoms with E-state index in [0.717, 1.165) is 39.0 Å². The van der Waals surface area contributed by atoms with Crippen LogP contribution in [0.5, 0.6) is 0 Å². The Balaban J connectivity index is 2.09. The lowest BCUT2D eigenvalue weighted by Gasteiger charge is -2.29. The van der Waals surface area contributed by atoms with Gasteiger partial charge in [-0.05, 0) is 40.6 Å². The first kappa shape index (κ1) is 18.8. The normalized spacial score (nSPS) is 12.7. The molecule has 7 heteroatoms. The molecule has 0 unspecified atom stereocenters. The zero-order valence-corrected chi connectivity index (χ0v) is 15.4. The van der Waals surface area contributed by atoms with Gasteiger partial charge in [0, 0.05) is 6.42 Å². The maximum absolute atomic E-state index is 13.2. The van der Waals surface area contributed by atoms with Crippen LogP contribution in [0.15, 0.2) is 66.7 Å². The van der Waals surface area contributed by atoms with E-state index in [4.69, 9.17) is 0 Å². The van der Waals surface area contributed by atoms with E-state index in [-0.39, 0.29) is 12.1 Å². The number of nitrogens with zero attached hydrogens (tertiary/aromatic N) is 1. The second kappa shape index (κ2) is 7.36. The minimum absolute atomic E-state index is 0.0267. The second-order valence-corrected chi connectivity index (χ2v) is 8.09. The molecule has 0 spiro atoms. The van der Waals surface area contributed by atoms with Crippen LogP contribution in [0.3, 0.4) is 0 Å². The maximum Gasteiger partial charge on any atom is 0.327 e. The van der Waals surface area contributed by atoms with Gasteiger partial charge in [0.15, 0.2) is 0 Å². The Morgan fingerprint density at radius 1 is 1.04 bits per heavy atom. The summed E-state index contributed by atoms with van der Waals surface area (Å²) in [7, 11) is -3.92. The number of carboxylic acid groups (broad SMARTS) is 1. The molecule has 0 bridgehead atoms. The molecule has 1 atom stereocenters. The first-order chi connectivity index (χ1) is 12.8. The lowest BCUT2D eigenvalue weighted by atomic mass is 9.98. The SMILES string of the molecule is CS(=O)(=O)N(c1ccc(F)cc1)[C@H](Cc1cccc2ccccc12)C(=O)O. The van der Waals surface area contributed by atoms with E-state index in [9.17, 15) is 22.7 Å². The molecule has 3 aromatic carbocycles. The van der Waals surface area contributed by atoms with Crippen molar-refractivity contribution in [2.24, 2.45) is 0 Å². The van der Waals surface area contributed by atoms with Gasteiger partial charge in [0.2, 0.25) is 10.0 Å². The largest absolute Gasteiger partial charge is 0.480 e. The van der Waals surface area contributed by atoms with E-state index in [2.05, 4.69) is 0 Å². The van der Waals surface area contributed by atoms with E-state index in [1.54, 1.807) is 12.1 Å². The summed E-state index contributed by atoms with van der Waals surface area (Å²) in [5, 5.41) is 11.6. The molecule has 0 amide bonds. The predicted molar refractivity (Wildman–Crippen MR) is 103 cm³/mol. The highest BCUT2D eigenvalue weighted by molar-refractivity contribution is 7.92. The summed E-state index contributed by atoms with van der Waals surface area (Å²) in [5.74, 6) is -1.81. The molecule has 27 heavy (non-hydrogen) atoms. The van der Waals surface area contributed by atoms with Crippen molar-refractivity contribution in [1.29, 1.82) is 0 Å². The van der Waals surface area contributed by atoms with Crippen LogP contribution in [-0.4, -0.2) is 31.8 Å². The van der Waals surface area contributed by atoms with Gasteiger partial charge >= 0.3 is 5.97 Å². The number of rotatable bonds is 6. The van der Waals surface area contributed by atoms with Gasteiger partial charge in [-0.2, -0.15) is 0 Å². The molecular weight excluding hydrogens is 369 g/mol. The number of sulfonamides is 1. The van der Waals surface area contributed by atoms with Gasteiger partial charge in [-0.15, -0.1) is 0 Å². The highest BCUT2D eigenvalue weighted by atomic mass is 32.2. The summed E-state index contributed by atoms with van der Waals surface area (Å²) in [6, 6.07) is 16.3. The number of aliphatic carboxylic acids is 1. The number of carboxylic acids is 1. The van der Waals surface area contributed by atoms with Crippen molar-refractivity contribution in [3.8, 4) is 0 Å². The van der Waals surface area contributed by atoms with Crippen LogP contribution in [-0.2, 0) is 21.2 Å². The fourth-order valence-corrected chi connectivity index (χ4v) is 4.27. The molecule has 0 heterocycles. The Hall–Kier alpha value is -2.93. The molecule has 140 valence electrons. The third kappa shape index (κ3) is 4.09. The first-order valence-corrected chi connectivity index (χ1v) is 10.1. The molecule has 0 aliphatic rings. The number of halogens is 1. The standard InChI is InChI=1S/C20H18FNO4S/c1-27(25,26)22(17-11-9-16(21)10-12-17)19(20(23)24)13-15-7-4-6-14-5-2-3-8-18(14)15/h2-12,19H,13H2,1H3,(H,23,24)/t19-/m1/s1. The Kier molecular flexibility index (Phi) is 5.14. The van der Waals surface area contributed by atoms with Crippen LogP contribution < -0.4 is 4.31 Å². The van der Waals surface area contributed by atoms with Gasteiger partial charge < -0.3 is 5.11 Å². The van der Waals surface area contributed by atoms with Crippen molar-refractivity contribution in [3.63, 3.8) is 0 Å². The molecule has 3 rings (SSSR count). The molecule has 5 nitrogen and oxygen atoms in total. The number of anilines is 1. The third-order valence-corrected chi connectivity index (χ3v) is 5.48. The Labute approximate surface area is 156 Å². The minimum Gasteiger partial charge on any atom is -0.480 e. The summed E-state index contributed by atoms with van der Waals surface area (Å²) in [5.41, 5.74) is 0.822. The second-order valence-electron chi connectivity index (χ2n) is 6.23. The van der Waals surface area contributed by atoms with Crippen molar-refractivity contribution in [2.75, 3.05) is 10.6 Å². The zero-order chi connectivity index (χ0) is 19.6. The average molecular weight is 387 g/mol. The predicted octanol–water partition coefficient (Wildman–Crippen LogP) is 3.44. The molecule has 0 saturated carbocycles. The number of benzene rings is 3. The van der Waals surface area contributed by atoms with E-state index < -0.39 is 27.9 Å². The van der Waals surface area contributed by atoms with Crippen LogP contribution in [0.25, 0.3) is 10.8 Å². The zero-order valence-electron chi connectivity index (χ0n) is 14.5. The fourth-order valence-electron chi connectivity index (χ4n) is 3.14. The third-order valence-electron chi connectivity index (χ3n) is 4.30. The summed E-state index contributed by atoms with van der Waals surface area (Å²) in [4.78, 5) is 12.0. The Bertz CT molecular complexity index is 1080. The smallest absolute Gasteiger partial charge is 0.327 e. The molecule has 3 aromatic rings. The lowest BCUT2D eigenvalue weighted by Crippen LogP contribution is -2.46. The van der Waals surface area contributed by atoms with Crippen molar-refractivity contribution in [2.45, 2.75) is 12.5 Å². The summed E-state index contributed by atoms with van der Waals surface area (Å²) >= 11 is 0. The van der Waals surface area contributed by atoms with Crippen molar-refractivity contribution in [1.82, 2.24) is 0 Å². The minimum atomic E-state index is -3.92. The maximum atomic E-state index is 13.2. The molecule has 1 N–H and O–H groups in total. The van der Waals surface area contributed by atoms with E-state index in [0.29, 0.717) is 0 Å². The van der Waals surface area contributed by atoms with Gasteiger partial charge in [0.05, 0.1) is 11.9 Å². The number of hydrogen-bond acceptors (Lipinski definition) is 3. The summed E-state index contributed by atoms with van der Waals surface area (Å²) in [6.45, 7) is 0. The molecule has 0 fully saturated rings. The van der Waals surface area contributed by atoms with Crippen LogP contribution in [0.1, 0.15) is 5.56 Å². The Morgan fingerprint density at radius 3 is 2.30 bits per heavy atom. The molecule has 0 aliphatic carbocycles. The summed E-state index contributed by atoms with van der Waals surface area (Å²) in [6.07, 6.45) is 0.913. The van der Waals surface area contributed by atoms with Crippen molar-refractivity contribution in [3.05, 3.63) is 78.1 Å². The number of fused-ring (bicyclic) bond motifs is 1. The van der Waals surface area contributed by atoms with Gasteiger partial charge in [-0.1, -0.05) is 42.5 Å². The Morgan fingerprint density at radius 2 is 1.67 bits per heavy atom. The first-order valence-electron chi connectivity index (χ1n) is 8.22. The van der Waals surface area contributed by atoms with Crippen LogP contribution >= 0.6 is 0 Å². The number of carbonyl (C=O) groups is 1. The van der Waals surface area contributed by atoms with E-state index in [1.165, 1.54) is 12.1 Å². The molecular formula is C20H18FNO4S. The van der Waals surface area contributed by atoms with Gasteiger partial charge in [-0.25, -0.2) is 17.6 Å². The van der Waals surface area contributed by atoms with Gasteiger partial charge in [-0.3, -0.25) is 4.31 Å². The monoisotopic (exact) mass is 387 g/mol. The van der Waals surface area contributed by atoms with Crippen molar-refractivity contribution >= 4 is 32.5 Å². The number of hydrogen-bond donors (Lipinski definition) is 1. The molecule has 0 aromatic heterocycles. The van der Waals surface area contributed by atoms with Crippen LogP contribution in [0.2, 0.25) is 0 Å². The molecule has 0 saturated heterocycles. The highest BCUT2D eigenvalue weighted by Crippen LogP contribution is 2.26. The van der Waals surface area contributed by atoms with Crippen molar-refractivity contribution < 1.29 is 22.7 Å².